The first-order valence-corrected chi connectivity index (χ1v) is 9.73. The van der Waals surface area contributed by atoms with Crippen molar-refractivity contribution >= 4 is 34.7 Å². The number of nitrogens with zero attached hydrogens (tertiary/aromatic N) is 4. The number of hydrogen-bond donors (Lipinski definition) is 2. The van der Waals surface area contributed by atoms with Crippen LogP contribution >= 0.6 is 11.8 Å². The second-order valence-corrected chi connectivity index (χ2v) is 7.14. The number of benzene rings is 1. The summed E-state index contributed by atoms with van der Waals surface area (Å²) in [5.41, 5.74) is 7.68. The highest BCUT2D eigenvalue weighted by atomic mass is 32.2. The van der Waals surface area contributed by atoms with E-state index in [0.29, 0.717) is 46.5 Å². The third kappa shape index (κ3) is 3.64. The van der Waals surface area contributed by atoms with Gasteiger partial charge in [0.05, 0.1) is 0 Å². The summed E-state index contributed by atoms with van der Waals surface area (Å²) in [6.45, 7) is 2.99. The van der Waals surface area contributed by atoms with Gasteiger partial charge < -0.3 is 25.1 Å². The van der Waals surface area contributed by atoms with Gasteiger partial charge in [-0.05, 0) is 13.0 Å². The number of imidazole rings is 1. The van der Waals surface area contributed by atoms with Gasteiger partial charge in [-0.25, -0.2) is 15.0 Å². The molecule has 29 heavy (non-hydrogen) atoms. The highest BCUT2D eigenvalue weighted by molar-refractivity contribution is 7.99. The summed E-state index contributed by atoms with van der Waals surface area (Å²) < 4.78 is 12.7. The number of nitrogens with one attached hydrogen (secondary N) is 1. The van der Waals surface area contributed by atoms with Gasteiger partial charge in [0.2, 0.25) is 12.7 Å². The molecular weight excluding hydrogens is 392 g/mol. The van der Waals surface area contributed by atoms with Crippen molar-refractivity contribution in [2.24, 2.45) is 0 Å². The zero-order valence-electron chi connectivity index (χ0n) is 15.6. The van der Waals surface area contributed by atoms with Crippen molar-refractivity contribution in [1.82, 2.24) is 24.8 Å². The Morgan fingerprint density at radius 1 is 1.38 bits per heavy atom. The summed E-state index contributed by atoms with van der Waals surface area (Å²) in [5.74, 6) is 4.12. The second kappa shape index (κ2) is 7.89. The number of aromatic nitrogens is 4. The van der Waals surface area contributed by atoms with Crippen molar-refractivity contribution in [3.63, 3.8) is 0 Å². The smallest absolute Gasteiger partial charge is 0.231 e. The Hall–Kier alpha value is -3.45. The first kappa shape index (κ1) is 18.9. The number of nitrogen functional groups attached to an aromatic ring is 1. The van der Waals surface area contributed by atoms with E-state index >= 15 is 0 Å². The van der Waals surface area contributed by atoms with Crippen LogP contribution in [0.2, 0.25) is 0 Å². The first-order valence-electron chi connectivity index (χ1n) is 8.92. The Morgan fingerprint density at radius 2 is 2.17 bits per heavy atom. The van der Waals surface area contributed by atoms with E-state index in [-0.39, 0.29) is 24.9 Å². The predicted molar refractivity (Wildman–Crippen MR) is 108 cm³/mol. The van der Waals surface area contributed by atoms with Crippen LogP contribution in [0, 0.1) is 12.3 Å². The average Bonchev–Trinajstić information content (AvgIpc) is 3.30. The Balaban J connectivity index is 1.74. The van der Waals surface area contributed by atoms with Gasteiger partial charge in [0, 0.05) is 36.0 Å². The molecular formula is C19H18N6O3S. The number of amides is 1. The van der Waals surface area contributed by atoms with Gasteiger partial charge in [-0.3, -0.25) is 4.79 Å². The minimum absolute atomic E-state index is 0.0558. The van der Waals surface area contributed by atoms with Crippen LogP contribution < -0.4 is 20.5 Å². The van der Waals surface area contributed by atoms with E-state index in [2.05, 4.69) is 26.2 Å². The molecule has 3 heterocycles. The van der Waals surface area contributed by atoms with Crippen molar-refractivity contribution in [2.45, 2.75) is 29.9 Å². The lowest BCUT2D eigenvalue weighted by Gasteiger charge is -2.10. The van der Waals surface area contributed by atoms with Crippen molar-refractivity contribution in [3.8, 4) is 23.8 Å². The molecule has 3 N–H and O–H groups in total. The van der Waals surface area contributed by atoms with E-state index in [9.17, 15) is 4.79 Å². The van der Waals surface area contributed by atoms with Gasteiger partial charge in [-0.2, -0.15) is 0 Å². The van der Waals surface area contributed by atoms with Crippen LogP contribution in [0.4, 0.5) is 5.82 Å². The topological polar surface area (TPSA) is 117 Å². The van der Waals surface area contributed by atoms with Gasteiger partial charge in [-0.15, -0.1) is 6.42 Å². The molecule has 0 atom stereocenters. The molecule has 1 amide bonds. The molecule has 0 saturated carbocycles. The molecule has 9 nitrogen and oxygen atoms in total. The largest absolute Gasteiger partial charge is 0.454 e. The summed E-state index contributed by atoms with van der Waals surface area (Å²) in [7, 11) is 0. The molecule has 1 aromatic carbocycles. The number of carbonyl (C=O) groups is 1. The first-order chi connectivity index (χ1) is 14.1. The standard InChI is InChI=1S/C19H18N6O3S/c1-3-11-7-12-13(28-10-27-12)8-14(11)29-19-24-16-17(20)22-9-23-18(16)25(19)6-5-15(26)21-4-2/h1,7-9H,4-6,10H2,2H3,(H,21,26)(H2,20,22,23). The number of rotatable bonds is 6. The molecule has 0 radical (unpaired) electrons. The third-order valence-corrected chi connectivity index (χ3v) is 5.35. The maximum atomic E-state index is 12.0. The van der Waals surface area contributed by atoms with Crippen molar-refractivity contribution in [3.05, 3.63) is 24.0 Å². The lowest BCUT2D eigenvalue weighted by atomic mass is 10.2. The highest BCUT2D eigenvalue weighted by Crippen LogP contribution is 2.41. The van der Waals surface area contributed by atoms with Crippen LogP contribution in [-0.2, 0) is 11.3 Å². The molecule has 3 aromatic rings. The molecule has 2 aromatic heterocycles. The fourth-order valence-corrected chi connectivity index (χ4v) is 3.95. The quantitative estimate of drug-likeness (QED) is 0.591. The minimum Gasteiger partial charge on any atom is -0.454 e. The Kier molecular flexibility index (Phi) is 5.14. The summed E-state index contributed by atoms with van der Waals surface area (Å²) >= 11 is 1.35. The fraction of sp³-hybridized carbons (Fsp3) is 0.263. The van der Waals surface area contributed by atoms with Crippen LogP contribution in [-0.4, -0.2) is 38.8 Å². The van der Waals surface area contributed by atoms with Crippen molar-refractivity contribution in [2.75, 3.05) is 19.1 Å². The number of aryl methyl sites for hydroxylation is 1. The highest BCUT2D eigenvalue weighted by Gasteiger charge is 2.21. The molecule has 148 valence electrons. The maximum absolute atomic E-state index is 12.0. The molecule has 1 aliphatic heterocycles. The van der Waals surface area contributed by atoms with Crippen LogP contribution in [0.25, 0.3) is 11.2 Å². The fourth-order valence-electron chi connectivity index (χ4n) is 2.93. The average molecular weight is 410 g/mol. The molecule has 0 spiro atoms. The number of terminal acetylenes is 1. The van der Waals surface area contributed by atoms with Crippen LogP contribution in [0.5, 0.6) is 11.5 Å². The summed E-state index contributed by atoms with van der Waals surface area (Å²) in [5, 5.41) is 3.39. The van der Waals surface area contributed by atoms with E-state index < -0.39 is 0 Å². The number of anilines is 1. The molecule has 4 rings (SSSR count). The van der Waals surface area contributed by atoms with E-state index in [1.807, 2.05) is 17.6 Å². The van der Waals surface area contributed by atoms with Crippen molar-refractivity contribution in [1.29, 1.82) is 0 Å². The number of carbonyl (C=O) groups excluding carboxylic acids is 1. The number of ether oxygens (including phenoxy) is 2. The van der Waals surface area contributed by atoms with Gasteiger partial charge in [0.15, 0.2) is 33.6 Å². The van der Waals surface area contributed by atoms with Gasteiger partial charge in [0.1, 0.15) is 6.33 Å². The van der Waals surface area contributed by atoms with Crippen LogP contribution in [0.3, 0.4) is 0 Å². The monoisotopic (exact) mass is 410 g/mol. The maximum Gasteiger partial charge on any atom is 0.231 e. The molecule has 1 aliphatic rings. The minimum atomic E-state index is -0.0558. The Labute approximate surface area is 171 Å². The Bertz CT molecular complexity index is 1140. The lowest BCUT2D eigenvalue weighted by Crippen LogP contribution is -2.23. The molecule has 0 fully saturated rings. The predicted octanol–water partition coefficient (Wildman–Crippen LogP) is 1.80. The summed E-state index contributed by atoms with van der Waals surface area (Å²) in [6.07, 6.45) is 7.34. The third-order valence-electron chi connectivity index (χ3n) is 4.29. The Morgan fingerprint density at radius 3 is 2.93 bits per heavy atom. The van der Waals surface area contributed by atoms with E-state index in [4.69, 9.17) is 21.6 Å². The normalized spacial score (nSPS) is 12.1. The van der Waals surface area contributed by atoms with E-state index in [0.717, 1.165) is 4.90 Å². The lowest BCUT2D eigenvalue weighted by molar-refractivity contribution is -0.121. The van der Waals surface area contributed by atoms with Gasteiger partial charge >= 0.3 is 0 Å². The van der Waals surface area contributed by atoms with Gasteiger partial charge in [-0.1, -0.05) is 17.7 Å². The van der Waals surface area contributed by atoms with Crippen molar-refractivity contribution < 1.29 is 14.3 Å². The second-order valence-electron chi connectivity index (χ2n) is 6.13. The molecule has 0 saturated heterocycles. The zero-order chi connectivity index (χ0) is 20.4. The van der Waals surface area contributed by atoms with E-state index in [1.54, 1.807) is 6.07 Å². The molecule has 10 heteroatoms. The number of fused-ring (bicyclic) bond motifs is 2. The molecule has 0 aliphatic carbocycles. The molecule has 0 unspecified atom stereocenters. The van der Waals surface area contributed by atoms with Gasteiger partial charge in [0.25, 0.3) is 0 Å². The summed E-state index contributed by atoms with van der Waals surface area (Å²) in [6, 6.07) is 3.59. The molecule has 0 bridgehead atoms. The number of nitrogens with two attached hydrogens (primary N) is 1. The zero-order valence-corrected chi connectivity index (χ0v) is 16.5. The van der Waals surface area contributed by atoms with Crippen LogP contribution in [0.1, 0.15) is 18.9 Å². The van der Waals surface area contributed by atoms with E-state index in [1.165, 1.54) is 18.1 Å². The SMILES string of the molecule is C#Cc1cc2c(cc1Sc1nc3c(N)ncnc3n1CCC(=O)NCC)OCO2. The van der Waals surface area contributed by atoms with Crippen LogP contribution in [0.15, 0.2) is 28.5 Å². The number of hydrogen-bond acceptors (Lipinski definition) is 8. The summed E-state index contributed by atoms with van der Waals surface area (Å²) in [4.78, 5) is 25.7.